The predicted octanol–water partition coefficient (Wildman–Crippen LogP) is 2.21. The third kappa shape index (κ3) is 3.56. The first-order valence-electron chi connectivity index (χ1n) is 6.21. The highest BCUT2D eigenvalue weighted by Gasteiger charge is 2.21. The zero-order chi connectivity index (χ0) is 15.4. The third-order valence-electron chi connectivity index (χ3n) is 2.90. The van der Waals surface area contributed by atoms with Crippen molar-refractivity contribution in [1.82, 2.24) is 4.90 Å². The highest BCUT2D eigenvalue weighted by molar-refractivity contribution is 7.20. The van der Waals surface area contributed by atoms with Gasteiger partial charge in [0.05, 0.1) is 11.5 Å². The van der Waals surface area contributed by atoms with E-state index in [0.29, 0.717) is 15.0 Å². The first-order chi connectivity index (χ1) is 10.0. The normalized spacial score (nSPS) is 10.8. The average molecular weight is 311 g/mol. The van der Waals surface area contributed by atoms with Gasteiger partial charge >= 0.3 is 5.97 Å². The van der Waals surface area contributed by atoms with E-state index in [1.165, 1.54) is 24.1 Å². The van der Waals surface area contributed by atoms with Gasteiger partial charge in [0, 0.05) is 23.7 Å². The second-order valence-corrected chi connectivity index (χ2v) is 5.46. The van der Waals surface area contributed by atoms with Crippen molar-refractivity contribution >= 4 is 33.3 Å². The van der Waals surface area contributed by atoms with Crippen molar-refractivity contribution in [2.75, 3.05) is 26.8 Å². The Morgan fingerprint density at radius 2 is 2.19 bits per heavy atom. The Hall–Kier alpha value is -1.99. The molecular formula is C14H14FNO4S. The molecule has 0 aliphatic carbocycles. The number of methoxy groups -OCH3 is 1. The van der Waals surface area contributed by atoms with E-state index in [1.54, 1.807) is 12.1 Å². The molecule has 0 saturated carbocycles. The lowest BCUT2D eigenvalue weighted by atomic mass is 10.2. The maximum Gasteiger partial charge on any atom is 0.323 e. The van der Waals surface area contributed by atoms with Gasteiger partial charge in [0.25, 0.3) is 5.91 Å². The lowest BCUT2D eigenvalue weighted by molar-refractivity contribution is -0.137. The molecule has 112 valence electrons. The summed E-state index contributed by atoms with van der Waals surface area (Å²) in [5, 5.41) is 9.24. The molecule has 7 heteroatoms. The van der Waals surface area contributed by atoms with Crippen LogP contribution in [0.1, 0.15) is 9.67 Å². The molecule has 2 rings (SSSR count). The summed E-state index contributed by atoms with van der Waals surface area (Å²) in [5.74, 6) is -1.94. The van der Waals surface area contributed by atoms with Gasteiger partial charge in [-0.25, -0.2) is 4.39 Å². The number of hydrogen-bond donors (Lipinski definition) is 1. The van der Waals surface area contributed by atoms with E-state index >= 15 is 0 Å². The molecular weight excluding hydrogens is 297 g/mol. The first-order valence-corrected chi connectivity index (χ1v) is 7.02. The molecule has 1 aromatic carbocycles. The number of rotatable bonds is 6. The van der Waals surface area contributed by atoms with Crippen molar-refractivity contribution in [3.8, 4) is 0 Å². The number of ether oxygens (including phenoxy) is 1. The van der Waals surface area contributed by atoms with Crippen LogP contribution < -0.4 is 0 Å². The monoisotopic (exact) mass is 311 g/mol. The zero-order valence-corrected chi connectivity index (χ0v) is 12.2. The molecule has 2 aromatic rings. The maximum absolute atomic E-state index is 13.6. The molecule has 1 heterocycles. The van der Waals surface area contributed by atoms with Crippen molar-refractivity contribution in [3.63, 3.8) is 0 Å². The van der Waals surface area contributed by atoms with E-state index in [-0.39, 0.29) is 13.2 Å². The second kappa shape index (κ2) is 6.64. The summed E-state index contributed by atoms with van der Waals surface area (Å²) in [4.78, 5) is 24.7. The molecule has 1 aromatic heterocycles. The molecule has 1 N–H and O–H groups in total. The number of aliphatic carboxylic acids is 1. The van der Waals surface area contributed by atoms with E-state index in [1.807, 2.05) is 0 Å². The number of nitrogens with zero attached hydrogens (tertiary/aromatic N) is 1. The highest BCUT2D eigenvalue weighted by Crippen LogP contribution is 2.28. The van der Waals surface area contributed by atoms with Gasteiger partial charge in [0.15, 0.2) is 0 Å². The summed E-state index contributed by atoms with van der Waals surface area (Å²) in [7, 11) is 1.47. The maximum atomic E-state index is 13.6. The van der Waals surface area contributed by atoms with Gasteiger partial charge < -0.3 is 14.7 Å². The van der Waals surface area contributed by atoms with Crippen LogP contribution in [0.4, 0.5) is 4.39 Å². The van der Waals surface area contributed by atoms with E-state index in [4.69, 9.17) is 9.84 Å². The van der Waals surface area contributed by atoms with Gasteiger partial charge in [0.2, 0.25) is 0 Å². The van der Waals surface area contributed by atoms with Crippen LogP contribution in [0.3, 0.4) is 0 Å². The molecule has 0 saturated heterocycles. The fourth-order valence-electron chi connectivity index (χ4n) is 1.90. The largest absolute Gasteiger partial charge is 0.480 e. The lowest BCUT2D eigenvalue weighted by Gasteiger charge is -2.19. The number of benzene rings is 1. The van der Waals surface area contributed by atoms with Crippen LogP contribution >= 0.6 is 11.3 Å². The SMILES string of the molecule is COCCN(CC(=O)O)C(=O)c1cc2c(F)cccc2s1. The minimum Gasteiger partial charge on any atom is -0.480 e. The summed E-state index contributed by atoms with van der Waals surface area (Å²) < 4.78 is 19.2. The standard InChI is InChI=1S/C14H14FNO4S/c1-20-6-5-16(8-13(17)18)14(19)12-7-9-10(15)3-2-4-11(9)21-12/h2-4,7H,5-6,8H2,1H3,(H,17,18). The van der Waals surface area contributed by atoms with Crippen LogP contribution in [0.15, 0.2) is 24.3 Å². The number of amides is 1. The number of halogens is 1. The molecule has 0 atom stereocenters. The van der Waals surface area contributed by atoms with Gasteiger partial charge in [-0.1, -0.05) is 6.07 Å². The number of fused-ring (bicyclic) bond motifs is 1. The number of thiophene rings is 1. The Balaban J connectivity index is 2.29. The molecule has 21 heavy (non-hydrogen) atoms. The molecule has 0 fully saturated rings. The van der Waals surface area contributed by atoms with Gasteiger partial charge in [-0.3, -0.25) is 9.59 Å². The van der Waals surface area contributed by atoms with Crippen molar-refractivity contribution in [2.24, 2.45) is 0 Å². The van der Waals surface area contributed by atoms with Crippen LogP contribution in [-0.4, -0.2) is 48.7 Å². The van der Waals surface area contributed by atoms with E-state index < -0.39 is 24.2 Å². The summed E-state index contributed by atoms with van der Waals surface area (Å²) in [6, 6.07) is 6.07. The van der Waals surface area contributed by atoms with E-state index in [0.717, 1.165) is 11.3 Å². The number of carboxylic acid groups (broad SMARTS) is 1. The topological polar surface area (TPSA) is 66.8 Å². The molecule has 0 bridgehead atoms. The Morgan fingerprint density at radius 1 is 1.43 bits per heavy atom. The van der Waals surface area contributed by atoms with E-state index in [9.17, 15) is 14.0 Å². The second-order valence-electron chi connectivity index (χ2n) is 4.38. The number of carbonyl (C=O) groups excluding carboxylic acids is 1. The van der Waals surface area contributed by atoms with Gasteiger partial charge in [0.1, 0.15) is 12.4 Å². The van der Waals surface area contributed by atoms with Crippen molar-refractivity contribution in [1.29, 1.82) is 0 Å². The number of hydrogen-bond acceptors (Lipinski definition) is 4. The molecule has 0 unspecified atom stereocenters. The Morgan fingerprint density at radius 3 is 2.81 bits per heavy atom. The smallest absolute Gasteiger partial charge is 0.323 e. The van der Waals surface area contributed by atoms with Gasteiger partial charge in [-0.2, -0.15) is 0 Å². The van der Waals surface area contributed by atoms with Crippen LogP contribution in [0.2, 0.25) is 0 Å². The van der Waals surface area contributed by atoms with Crippen molar-refractivity contribution in [3.05, 3.63) is 35.0 Å². The molecule has 0 aliphatic rings. The minimum atomic E-state index is -1.10. The van der Waals surface area contributed by atoms with Crippen LogP contribution in [-0.2, 0) is 9.53 Å². The zero-order valence-electron chi connectivity index (χ0n) is 11.3. The van der Waals surface area contributed by atoms with E-state index in [2.05, 4.69) is 0 Å². The molecule has 0 aliphatic heterocycles. The summed E-state index contributed by atoms with van der Waals surface area (Å²) in [6.45, 7) is -0.0183. The minimum absolute atomic E-state index is 0.165. The van der Waals surface area contributed by atoms with Crippen LogP contribution in [0.25, 0.3) is 10.1 Å². The quantitative estimate of drug-likeness (QED) is 0.888. The summed E-state index contributed by atoms with van der Waals surface area (Å²) in [6.07, 6.45) is 0. The predicted molar refractivity (Wildman–Crippen MR) is 77.2 cm³/mol. The summed E-state index contributed by atoms with van der Waals surface area (Å²) >= 11 is 1.14. The fourth-order valence-corrected chi connectivity index (χ4v) is 2.95. The number of carbonyl (C=O) groups is 2. The van der Waals surface area contributed by atoms with Gasteiger partial charge in [-0.05, 0) is 18.2 Å². The molecule has 0 spiro atoms. The van der Waals surface area contributed by atoms with Crippen molar-refractivity contribution in [2.45, 2.75) is 0 Å². The lowest BCUT2D eigenvalue weighted by Crippen LogP contribution is -2.37. The van der Waals surface area contributed by atoms with Crippen molar-refractivity contribution < 1.29 is 23.8 Å². The fraction of sp³-hybridized carbons (Fsp3) is 0.286. The molecule has 1 amide bonds. The Kier molecular flexibility index (Phi) is 4.87. The molecule has 0 radical (unpaired) electrons. The van der Waals surface area contributed by atoms with Gasteiger partial charge in [-0.15, -0.1) is 11.3 Å². The Labute approximate surface area is 124 Å². The number of carboxylic acids is 1. The highest BCUT2D eigenvalue weighted by atomic mass is 32.1. The van der Waals surface area contributed by atoms with Crippen LogP contribution in [0, 0.1) is 5.82 Å². The summed E-state index contributed by atoms with van der Waals surface area (Å²) in [5.41, 5.74) is 0. The average Bonchev–Trinajstić information content (AvgIpc) is 2.88. The third-order valence-corrected chi connectivity index (χ3v) is 3.99. The molecule has 5 nitrogen and oxygen atoms in total. The Bertz CT molecular complexity index is 670. The van der Waals surface area contributed by atoms with Crippen LogP contribution in [0.5, 0.6) is 0 Å². The first kappa shape index (κ1) is 15.4.